The minimum atomic E-state index is -0.949. The Bertz CT molecular complexity index is 410. The van der Waals surface area contributed by atoms with E-state index in [1.54, 1.807) is 10.8 Å². The molecule has 0 fully saturated rings. The number of aromatic nitrogens is 1. The Morgan fingerprint density at radius 3 is 2.65 bits per heavy atom. The van der Waals surface area contributed by atoms with Crippen LogP contribution in [-0.4, -0.2) is 28.1 Å². The fourth-order valence-electron chi connectivity index (χ4n) is 1.72. The monoisotopic (exact) mass is 238 g/mol. The first kappa shape index (κ1) is 13.3. The lowest BCUT2D eigenvalue weighted by Crippen LogP contribution is -2.28. The predicted molar refractivity (Wildman–Crippen MR) is 64.1 cm³/mol. The van der Waals surface area contributed by atoms with Gasteiger partial charge in [0.1, 0.15) is 6.54 Å². The summed E-state index contributed by atoms with van der Waals surface area (Å²) in [4.78, 5) is 22.5. The zero-order valence-electron chi connectivity index (χ0n) is 10.2. The normalized spacial score (nSPS) is 10.2. The third kappa shape index (κ3) is 3.34. The summed E-state index contributed by atoms with van der Waals surface area (Å²) < 4.78 is 1.69. The Morgan fingerprint density at radius 2 is 2.12 bits per heavy atom. The molecular formula is C12H18N2O3. The second kappa shape index (κ2) is 6.08. The van der Waals surface area contributed by atoms with E-state index in [2.05, 4.69) is 5.32 Å². The third-order valence-electron chi connectivity index (χ3n) is 2.53. The lowest BCUT2D eigenvalue weighted by Gasteiger charge is -2.08. The van der Waals surface area contributed by atoms with E-state index < -0.39 is 5.97 Å². The minimum absolute atomic E-state index is 0.0888. The van der Waals surface area contributed by atoms with E-state index in [-0.39, 0.29) is 18.0 Å². The molecule has 1 aromatic heterocycles. The maximum atomic E-state index is 11.5. The van der Waals surface area contributed by atoms with Gasteiger partial charge in [-0.2, -0.15) is 0 Å². The highest BCUT2D eigenvalue weighted by molar-refractivity contribution is 5.89. The van der Waals surface area contributed by atoms with E-state index in [9.17, 15) is 9.59 Å². The molecule has 0 aliphatic rings. The molecule has 0 spiro atoms. The quantitative estimate of drug-likeness (QED) is 0.784. The fourth-order valence-corrected chi connectivity index (χ4v) is 1.72. The Labute approximate surface area is 100 Å². The summed E-state index contributed by atoms with van der Waals surface area (Å²) in [5.41, 5.74) is 0.958. The van der Waals surface area contributed by atoms with Gasteiger partial charge in [-0.1, -0.05) is 13.8 Å². The molecule has 0 aromatic carbocycles. The van der Waals surface area contributed by atoms with Gasteiger partial charge in [0.15, 0.2) is 0 Å². The molecule has 1 heterocycles. The van der Waals surface area contributed by atoms with Crippen molar-refractivity contribution >= 4 is 11.9 Å². The van der Waals surface area contributed by atoms with Crippen LogP contribution in [0.15, 0.2) is 12.3 Å². The Kier molecular flexibility index (Phi) is 4.75. The summed E-state index contributed by atoms with van der Waals surface area (Å²) >= 11 is 0. The van der Waals surface area contributed by atoms with Crippen molar-refractivity contribution < 1.29 is 14.7 Å². The molecule has 1 aromatic rings. The molecule has 0 atom stereocenters. The fraction of sp³-hybridized carbons (Fsp3) is 0.500. The van der Waals surface area contributed by atoms with Crippen LogP contribution in [0.3, 0.4) is 0 Å². The summed E-state index contributed by atoms with van der Waals surface area (Å²) in [7, 11) is 0. The summed E-state index contributed by atoms with van der Waals surface area (Å²) in [6.45, 7) is 4.68. The highest BCUT2D eigenvalue weighted by Gasteiger charge is 2.14. The van der Waals surface area contributed by atoms with Crippen molar-refractivity contribution in [1.29, 1.82) is 0 Å². The van der Waals surface area contributed by atoms with Gasteiger partial charge in [-0.05, 0) is 18.9 Å². The average Bonchev–Trinajstić information content (AvgIpc) is 2.69. The van der Waals surface area contributed by atoms with E-state index in [1.807, 2.05) is 13.8 Å². The number of aromatic carboxylic acids is 1. The molecule has 0 unspecified atom stereocenters. The predicted octanol–water partition coefficient (Wildman–Crippen LogP) is 1.27. The van der Waals surface area contributed by atoms with Crippen LogP contribution in [0.25, 0.3) is 0 Å². The van der Waals surface area contributed by atoms with Crippen molar-refractivity contribution in [3.63, 3.8) is 0 Å². The zero-order chi connectivity index (χ0) is 12.8. The molecule has 2 N–H and O–H groups in total. The van der Waals surface area contributed by atoms with Crippen LogP contribution in [0.1, 0.15) is 36.3 Å². The molecule has 94 valence electrons. The summed E-state index contributed by atoms with van der Waals surface area (Å²) in [5, 5.41) is 11.7. The van der Waals surface area contributed by atoms with E-state index in [0.717, 1.165) is 6.42 Å². The zero-order valence-corrected chi connectivity index (χ0v) is 10.2. The lowest BCUT2D eigenvalue weighted by molar-refractivity contribution is -0.121. The molecule has 17 heavy (non-hydrogen) atoms. The molecular weight excluding hydrogens is 220 g/mol. The summed E-state index contributed by atoms with van der Waals surface area (Å²) in [6, 6.07) is 1.54. The van der Waals surface area contributed by atoms with Crippen LogP contribution in [0.5, 0.6) is 0 Å². The number of rotatable bonds is 6. The van der Waals surface area contributed by atoms with Crippen LogP contribution >= 0.6 is 0 Å². The first-order valence-corrected chi connectivity index (χ1v) is 5.78. The van der Waals surface area contributed by atoms with Gasteiger partial charge in [-0.25, -0.2) is 4.79 Å². The Morgan fingerprint density at radius 1 is 1.41 bits per heavy atom. The van der Waals surface area contributed by atoms with Crippen LogP contribution in [0.4, 0.5) is 0 Å². The van der Waals surface area contributed by atoms with Crippen molar-refractivity contribution in [3.8, 4) is 0 Å². The SMILES string of the molecule is CCCNC(=O)Cn1ccc(C(=O)O)c1CC. The molecule has 0 saturated heterocycles. The first-order valence-electron chi connectivity index (χ1n) is 5.78. The molecule has 0 radical (unpaired) electrons. The second-order valence-corrected chi connectivity index (χ2v) is 3.81. The second-order valence-electron chi connectivity index (χ2n) is 3.81. The van der Waals surface area contributed by atoms with Crippen molar-refractivity contribution in [2.45, 2.75) is 33.2 Å². The van der Waals surface area contributed by atoms with Gasteiger partial charge in [0.25, 0.3) is 0 Å². The number of nitrogens with one attached hydrogen (secondary N) is 1. The van der Waals surface area contributed by atoms with Gasteiger partial charge < -0.3 is 15.0 Å². The van der Waals surface area contributed by atoms with Gasteiger partial charge in [0.05, 0.1) is 5.56 Å². The molecule has 0 aliphatic heterocycles. The van der Waals surface area contributed by atoms with Gasteiger partial charge in [0.2, 0.25) is 5.91 Å². The highest BCUT2D eigenvalue weighted by Crippen LogP contribution is 2.12. The van der Waals surface area contributed by atoms with Gasteiger partial charge >= 0.3 is 5.97 Å². The maximum Gasteiger partial charge on any atom is 0.337 e. The van der Waals surface area contributed by atoms with Crippen LogP contribution in [0.2, 0.25) is 0 Å². The number of hydrogen-bond acceptors (Lipinski definition) is 2. The molecule has 5 heteroatoms. The number of carboxylic acids is 1. The number of hydrogen-bond donors (Lipinski definition) is 2. The van der Waals surface area contributed by atoms with Crippen molar-refractivity contribution in [3.05, 3.63) is 23.5 Å². The molecule has 1 amide bonds. The Balaban J connectivity index is 2.77. The largest absolute Gasteiger partial charge is 0.478 e. The number of carbonyl (C=O) groups excluding carboxylic acids is 1. The van der Waals surface area contributed by atoms with Gasteiger partial charge in [-0.15, -0.1) is 0 Å². The molecule has 0 bridgehead atoms. The third-order valence-corrected chi connectivity index (χ3v) is 2.53. The van der Waals surface area contributed by atoms with E-state index in [0.29, 0.717) is 18.7 Å². The van der Waals surface area contributed by atoms with Gasteiger partial charge in [-0.3, -0.25) is 4.79 Å². The van der Waals surface area contributed by atoms with Crippen molar-refractivity contribution in [2.75, 3.05) is 6.54 Å². The number of amides is 1. The van der Waals surface area contributed by atoms with E-state index in [4.69, 9.17) is 5.11 Å². The molecule has 5 nitrogen and oxygen atoms in total. The molecule has 1 rings (SSSR count). The van der Waals surface area contributed by atoms with Gasteiger partial charge in [0, 0.05) is 18.4 Å². The first-order chi connectivity index (χ1) is 8.10. The molecule has 0 aliphatic carbocycles. The van der Waals surface area contributed by atoms with Crippen LogP contribution in [-0.2, 0) is 17.8 Å². The maximum absolute atomic E-state index is 11.5. The lowest BCUT2D eigenvalue weighted by atomic mass is 10.2. The smallest absolute Gasteiger partial charge is 0.337 e. The number of nitrogens with zero attached hydrogens (tertiary/aromatic N) is 1. The molecule has 0 saturated carbocycles. The van der Waals surface area contributed by atoms with Crippen molar-refractivity contribution in [2.24, 2.45) is 0 Å². The van der Waals surface area contributed by atoms with E-state index in [1.165, 1.54) is 6.07 Å². The van der Waals surface area contributed by atoms with Crippen LogP contribution < -0.4 is 5.32 Å². The van der Waals surface area contributed by atoms with Crippen molar-refractivity contribution in [1.82, 2.24) is 9.88 Å². The number of carboxylic acid groups (broad SMARTS) is 1. The van der Waals surface area contributed by atoms with E-state index >= 15 is 0 Å². The standard InChI is InChI=1S/C12H18N2O3/c1-3-6-13-11(15)8-14-7-5-9(12(16)17)10(14)4-2/h5,7H,3-4,6,8H2,1-2H3,(H,13,15)(H,16,17). The topological polar surface area (TPSA) is 71.3 Å². The minimum Gasteiger partial charge on any atom is -0.478 e. The summed E-state index contributed by atoms with van der Waals surface area (Å²) in [5.74, 6) is -1.04. The number of carbonyl (C=O) groups is 2. The highest BCUT2D eigenvalue weighted by atomic mass is 16.4. The average molecular weight is 238 g/mol. The summed E-state index contributed by atoms with van der Waals surface area (Å²) in [6.07, 6.45) is 3.13. The van der Waals surface area contributed by atoms with Crippen LogP contribution in [0, 0.1) is 0 Å². The Hall–Kier alpha value is -1.78.